The van der Waals surface area contributed by atoms with Crippen molar-refractivity contribution in [3.63, 3.8) is 0 Å². The van der Waals surface area contributed by atoms with Crippen molar-refractivity contribution in [2.45, 2.75) is 32.9 Å². The van der Waals surface area contributed by atoms with E-state index in [0.717, 1.165) is 0 Å². The molecule has 0 bridgehead atoms. The molecule has 1 atom stereocenters. The van der Waals surface area contributed by atoms with Crippen LogP contribution in [0, 0.1) is 13.8 Å². The largest absolute Gasteiger partial charge is 0.507 e. The minimum atomic E-state index is -0.761. The minimum absolute atomic E-state index is 0.0468. The van der Waals surface area contributed by atoms with Crippen LogP contribution in [0.4, 0.5) is 0 Å². The number of pyridine rings is 1. The highest BCUT2D eigenvalue weighted by atomic mass is 16.3. The van der Waals surface area contributed by atoms with Gasteiger partial charge in [-0.3, -0.25) is 19.3 Å². The van der Waals surface area contributed by atoms with Crippen LogP contribution in [0.1, 0.15) is 35.1 Å². The van der Waals surface area contributed by atoms with Gasteiger partial charge in [0.1, 0.15) is 11.8 Å². The Kier molecular flexibility index (Phi) is 5.41. The van der Waals surface area contributed by atoms with Crippen LogP contribution in [0.25, 0.3) is 5.76 Å². The first-order chi connectivity index (χ1) is 14.9. The van der Waals surface area contributed by atoms with Gasteiger partial charge in [-0.05, 0) is 32.4 Å². The van der Waals surface area contributed by atoms with Crippen molar-refractivity contribution in [2.75, 3.05) is 6.54 Å². The number of imidazole rings is 1. The van der Waals surface area contributed by atoms with Crippen molar-refractivity contribution >= 4 is 17.4 Å². The maximum atomic E-state index is 13.1. The first kappa shape index (κ1) is 20.5. The molecule has 31 heavy (non-hydrogen) atoms. The van der Waals surface area contributed by atoms with E-state index in [4.69, 9.17) is 0 Å². The minimum Gasteiger partial charge on any atom is -0.507 e. The SMILES string of the molecule is Cc1nn(C)c(C)c1C(O)=C1C(=O)C(=O)N(CCCn2ccnc2)C1c1ccccn1. The van der Waals surface area contributed by atoms with E-state index in [1.165, 1.54) is 4.90 Å². The number of hydrogen-bond acceptors (Lipinski definition) is 6. The lowest BCUT2D eigenvalue weighted by atomic mass is 9.97. The molecule has 1 fully saturated rings. The van der Waals surface area contributed by atoms with Gasteiger partial charge < -0.3 is 14.6 Å². The maximum absolute atomic E-state index is 13.1. The second-order valence-electron chi connectivity index (χ2n) is 7.57. The Morgan fingerprint density at radius 1 is 1.16 bits per heavy atom. The highest BCUT2D eigenvalue weighted by Crippen LogP contribution is 2.39. The molecule has 1 aliphatic heterocycles. The number of likely N-dealkylation sites (tertiary alicyclic amines) is 1. The fourth-order valence-corrected chi connectivity index (χ4v) is 4.05. The summed E-state index contributed by atoms with van der Waals surface area (Å²) in [5.74, 6) is -1.56. The van der Waals surface area contributed by atoms with E-state index in [-0.39, 0.29) is 11.3 Å². The Morgan fingerprint density at radius 3 is 2.58 bits per heavy atom. The van der Waals surface area contributed by atoms with Gasteiger partial charge in [-0.1, -0.05) is 6.07 Å². The third-order valence-corrected chi connectivity index (χ3v) is 5.63. The Labute approximate surface area is 179 Å². The summed E-state index contributed by atoms with van der Waals surface area (Å²) in [5.41, 5.74) is 2.35. The molecule has 160 valence electrons. The van der Waals surface area contributed by atoms with Crippen molar-refractivity contribution in [2.24, 2.45) is 7.05 Å². The number of rotatable bonds is 6. The van der Waals surface area contributed by atoms with Gasteiger partial charge in [0.05, 0.1) is 28.9 Å². The number of hydrogen-bond donors (Lipinski definition) is 1. The van der Waals surface area contributed by atoms with Gasteiger partial charge in [0.2, 0.25) is 0 Å². The van der Waals surface area contributed by atoms with Crippen molar-refractivity contribution < 1.29 is 14.7 Å². The summed E-state index contributed by atoms with van der Waals surface area (Å²) >= 11 is 0. The number of nitrogens with zero attached hydrogens (tertiary/aromatic N) is 6. The summed E-state index contributed by atoms with van der Waals surface area (Å²) < 4.78 is 3.55. The van der Waals surface area contributed by atoms with E-state index < -0.39 is 17.7 Å². The van der Waals surface area contributed by atoms with E-state index in [2.05, 4.69) is 15.1 Å². The summed E-state index contributed by atoms with van der Waals surface area (Å²) in [5, 5.41) is 15.5. The first-order valence-electron chi connectivity index (χ1n) is 10.1. The molecule has 9 heteroatoms. The average molecular weight is 420 g/mol. The van der Waals surface area contributed by atoms with Crippen LogP contribution < -0.4 is 0 Å². The van der Waals surface area contributed by atoms with Crippen molar-refractivity contribution in [3.05, 3.63) is 71.3 Å². The van der Waals surface area contributed by atoms with Crippen LogP contribution in [0.3, 0.4) is 0 Å². The van der Waals surface area contributed by atoms with Crippen molar-refractivity contribution in [1.82, 2.24) is 29.2 Å². The molecular formula is C22H24N6O3. The zero-order valence-corrected chi connectivity index (χ0v) is 17.7. The summed E-state index contributed by atoms with van der Waals surface area (Å²) in [6.07, 6.45) is 7.48. The molecule has 0 spiro atoms. The summed E-state index contributed by atoms with van der Waals surface area (Å²) in [6, 6.07) is 4.57. The quantitative estimate of drug-likeness (QED) is 0.372. The van der Waals surface area contributed by atoms with Gasteiger partial charge in [0.25, 0.3) is 11.7 Å². The average Bonchev–Trinajstić information content (AvgIpc) is 3.43. The zero-order chi connectivity index (χ0) is 22.1. The molecule has 1 unspecified atom stereocenters. The Balaban J connectivity index is 1.76. The number of aliphatic hydroxyl groups is 1. The lowest BCUT2D eigenvalue weighted by molar-refractivity contribution is -0.140. The molecule has 9 nitrogen and oxygen atoms in total. The normalized spacial score (nSPS) is 18.2. The number of carbonyl (C=O) groups excluding carboxylic acids is 2. The molecular weight excluding hydrogens is 396 g/mol. The third-order valence-electron chi connectivity index (χ3n) is 5.63. The number of aryl methyl sites for hydroxylation is 3. The van der Waals surface area contributed by atoms with E-state index in [1.54, 1.807) is 55.6 Å². The van der Waals surface area contributed by atoms with E-state index >= 15 is 0 Å². The molecule has 1 N–H and O–H groups in total. The zero-order valence-electron chi connectivity index (χ0n) is 17.7. The number of aliphatic hydroxyl groups excluding tert-OH is 1. The van der Waals surface area contributed by atoms with Gasteiger partial charge in [0, 0.05) is 44.4 Å². The molecule has 0 radical (unpaired) electrons. The predicted molar refractivity (Wildman–Crippen MR) is 113 cm³/mol. The van der Waals surface area contributed by atoms with Gasteiger partial charge in [-0.15, -0.1) is 0 Å². The fourth-order valence-electron chi connectivity index (χ4n) is 4.05. The van der Waals surface area contributed by atoms with Crippen LogP contribution in [0.15, 0.2) is 48.7 Å². The van der Waals surface area contributed by atoms with Crippen LogP contribution >= 0.6 is 0 Å². The number of ketones is 1. The van der Waals surface area contributed by atoms with E-state index in [1.807, 2.05) is 17.7 Å². The van der Waals surface area contributed by atoms with Crippen molar-refractivity contribution in [1.29, 1.82) is 0 Å². The molecule has 0 saturated carbocycles. The predicted octanol–water partition coefficient (Wildman–Crippen LogP) is 2.14. The number of Topliss-reactive ketones (excluding diaryl/α,β-unsaturated/α-hetero) is 1. The summed E-state index contributed by atoms with van der Waals surface area (Å²) in [6.45, 7) is 4.57. The van der Waals surface area contributed by atoms with Gasteiger partial charge in [-0.2, -0.15) is 5.10 Å². The highest BCUT2D eigenvalue weighted by Gasteiger charge is 2.46. The van der Waals surface area contributed by atoms with E-state index in [9.17, 15) is 14.7 Å². The maximum Gasteiger partial charge on any atom is 0.295 e. The molecule has 1 saturated heterocycles. The lowest BCUT2D eigenvalue weighted by Gasteiger charge is -2.24. The van der Waals surface area contributed by atoms with Crippen LogP contribution in [0.2, 0.25) is 0 Å². The first-order valence-corrected chi connectivity index (χ1v) is 10.1. The van der Waals surface area contributed by atoms with Gasteiger partial charge in [-0.25, -0.2) is 4.98 Å². The van der Waals surface area contributed by atoms with Crippen LogP contribution in [-0.2, 0) is 23.2 Å². The van der Waals surface area contributed by atoms with E-state index in [0.29, 0.717) is 42.2 Å². The molecule has 4 rings (SSSR count). The molecule has 4 heterocycles. The standard InChI is InChI=1S/C22H24N6O3/c1-14-17(15(2)26(3)25-14)20(29)18-19(16-7-4-5-8-24-16)28(22(31)21(18)30)11-6-10-27-12-9-23-13-27/h4-5,7-9,12-13,19,29H,6,10-11H2,1-3H3. The second kappa shape index (κ2) is 8.17. The molecule has 0 aliphatic carbocycles. The van der Waals surface area contributed by atoms with Crippen molar-refractivity contribution in [3.8, 4) is 0 Å². The van der Waals surface area contributed by atoms with Crippen LogP contribution in [0.5, 0.6) is 0 Å². The Hall–Kier alpha value is -3.75. The number of aromatic nitrogens is 5. The molecule has 0 aromatic carbocycles. The fraction of sp³-hybridized carbons (Fsp3) is 0.318. The Bertz CT molecular complexity index is 1150. The molecule has 1 aliphatic rings. The molecule has 3 aromatic heterocycles. The second-order valence-corrected chi connectivity index (χ2v) is 7.57. The number of carbonyl (C=O) groups is 2. The molecule has 1 amide bonds. The summed E-state index contributed by atoms with van der Waals surface area (Å²) in [4.78, 5) is 35.9. The van der Waals surface area contributed by atoms with Crippen LogP contribution in [-0.4, -0.2) is 52.6 Å². The van der Waals surface area contributed by atoms with Gasteiger partial charge in [0.15, 0.2) is 0 Å². The highest BCUT2D eigenvalue weighted by molar-refractivity contribution is 6.46. The monoisotopic (exact) mass is 420 g/mol. The third kappa shape index (κ3) is 3.63. The Morgan fingerprint density at radius 2 is 1.97 bits per heavy atom. The number of amides is 1. The summed E-state index contributed by atoms with van der Waals surface area (Å²) in [7, 11) is 1.77. The lowest BCUT2D eigenvalue weighted by Crippen LogP contribution is -2.31. The molecule has 3 aromatic rings. The topological polar surface area (TPSA) is 106 Å². The smallest absolute Gasteiger partial charge is 0.295 e. The van der Waals surface area contributed by atoms with Gasteiger partial charge >= 0.3 is 0 Å².